The maximum Gasteiger partial charge on any atom is 0.240 e. The van der Waals surface area contributed by atoms with E-state index in [-0.39, 0.29) is 0 Å². The second kappa shape index (κ2) is 5.93. The highest BCUT2D eigenvalue weighted by atomic mass is 16.5. The number of aryl methyl sites for hydroxylation is 3. The summed E-state index contributed by atoms with van der Waals surface area (Å²) in [6.07, 6.45) is 2.43. The Morgan fingerprint density at radius 2 is 2.05 bits per heavy atom. The molecule has 0 saturated carbocycles. The second-order valence-corrected chi connectivity index (χ2v) is 5.87. The third kappa shape index (κ3) is 3.47. The van der Waals surface area contributed by atoms with Crippen LogP contribution >= 0.6 is 0 Å². The highest BCUT2D eigenvalue weighted by Gasteiger charge is 2.22. The predicted molar refractivity (Wildman–Crippen MR) is 76.5 cm³/mol. The lowest BCUT2D eigenvalue weighted by molar-refractivity contribution is 0.138. The summed E-state index contributed by atoms with van der Waals surface area (Å²) in [5, 5.41) is 8.31. The molecule has 0 N–H and O–H groups in total. The average Bonchev–Trinajstić information content (AvgIpc) is 2.96. The highest BCUT2D eigenvalue weighted by molar-refractivity contribution is 4.89. The molecule has 2 aromatic rings. The lowest BCUT2D eigenvalue weighted by Crippen LogP contribution is -2.37. The summed E-state index contributed by atoms with van der Waals surface area (Å²) >= 11 is 0. The largest absolute Gasteiger partial charge is 0.338 e. The van der Waals surface area contributed by atoms with Crippen LogP contribution in [0, 0.1) is 26.7 Å². The maximum atomic E-state index is 5.21. The molecule has 1 atom stereocenters. The van der Waals surface area contributed by atoms with E-state index < -0.39 is 0 Å². The van der Waals surface area contributed by atoms with Crippen molar-refractivity contribution in [1.82, 2.24) is 29.8 Å². The first-order chi connectivity index (χ1) is 10.1. The van der Waals surface area contributed by atoms with Gasteiger partial charge in [-0.05, 0) is 46.1 Å². The summed E-state index contributed by atoms with van der Waals surface area (Å²) in [5.74, 6) is 3.86. The van der Waals surface area contributed by atoms with Crippen LogP contribution in [-0.2, 0) is 13.1 Å². The summed E-state index contributed by atoms with van der Waals surface area (Å²) in [6.45, 7) is 9.62. The summed E-state index contributed by atoms with van der Waals surface area (Å²) in [7, 11) is 0. The summed E-state index contributed by atoms with van der Waals surface area (Å²) in [5.41, 5.74) is 0. The Hall–Kier alpha value is -1.76. The van der Waals surface area contributed by atoms with Crippen molar-refractivity contribution in [3.05, 3.63) is 23.4 Å². The molecule has 3 rings (SSSR count). The molecule has 1 aliphatic heterocycles. The van der Waals surface area contributed by atoms with Gasteiger partial charge >= 0.3 is 0 Å². The standard InChI is InChI=1S/C14H22N6O/c1-10-15-12(3)20(17-10)8-13-5-4-6-19(7-13)9-14-16-11(2)18-21-14/h13H,4-9H2,1-3H3/t13-/m0/s1. The molecule has 7 heteroatoms. The first kappa shape index (κ1) is 14.2. The van der Waals surface area contributed by atoms with Crippen molar-refractivity contribution in [3.8, 4) is 0 Å². The van der Waals surface area contributed by atoms with E-state index >= 15 is 0 Å². The van der Waals surface area contributed by atoms with Gasteiger partial charge in [0.1, 0.15) is 11.6 Å². The van der Waals surface area contributed by atoms with Crippen LogP contribution < -0.4 is 0 Å². The van der Waals surface area contributed by atoms with Gasteiger partial charge in [-0.25, -0.2) is 9.67 Å². The molecule has 1 fully saturated rings. The van der Waals surface area contributed by atoms with Crippen molar-refractivity contribution in [1.29, 1.82) is 0 Å². The predicted octanol–water partition coefficient (Wildman–Crippen LogP) is 1.50. The van der Waals surface area contributed by atoms with Gasteiger partial charge in [0.2, 0.25) is 5.89 Å². The lowest BCUT2D eigenvalue weighted by atomic mass is 9.98. The van der Waals surface area contributed by atoms with Crippen LogP contribution in [0.1, 0.15) is 36.2 Å². The number of rotatable bonds is 4. The number of piperidine rings is 1. The Bertz CT molecular complexity index is 604. The van der Waals surface area contributed by atoms with Gasteiger partial charge in [-0.2, -0.15) is 10.1 Å². The minimum absolute atomic E-state index is 0.600. The van der Waals surface area contributed by atoms with Crippen molar-refractivity contribution in [2.75, 3.05) is 13.1 Å². The molecule has 1 saturated heterocycles. The Morgan fingerprint density at radius 3 is 2.71 bits per heavy atom. The second-order valence-electron chi connectivity index (χ2n) is 5.87. The van der Waals surface area contributed by atoms with Gasteiger partial charge in [-0.15, -0.1) is 0 Å². The number of hydrogen-bond acceptors (Lipinski definition) is 6. The Morgan fingerprint density at radius 1 is 1.19 bits per heavy atom. The van der Waals surface area contributed by atoms with Crippen LogP contribution in [0.3, 0.4) is 0 Å². The number of likely N-dealkylation sites (tertiary alicyclic amines) is 1. The smallest absolute Gasteiger partial charge is 0.240 e. The van der Waals surface area contributed by atoms with E-state index in [1.54, 1.807) is 0 Å². The van der Waals surface area contributed by atoms with Crippen molar-refractivity contribution < 1.29 is 4.52 Å². The van der Waals surface area contributed by atoms with E-state index in [1.165, 1.54) is 12.8 Å². The topological polar surface area (TPSA) is 72.9 Å². The van der Waals surface area contributed by atoms with E-state index in [2.05, 4.69) is 25.1 Å². The minimum Gasteiger partial charge on any atom is -0.338 e. The monoisotopic (exact) mass is 290 g/mol. The molecule has 0 spiro atoms. The van der Waals surface area contributed by atoms with Crippen molar-refractivity contribution in [2.45, 2.75) is 46.7 Å². The zero-order valence-corrected chi connectivity index (χ0v) is 12.9. The quantitative estimate of drug-likeness (QED) is 0.849. The van der Waals surface area contributed by atoms with Crippen molar-refractivity contribution in [3.63, 3.8) is 0 Å². The molecule has 3 heterocycles. The van der Waals surface area contributed by atoms with Gasteiger partial charge in [-0.1, -0.05) is 5.16 Å². The fourth-order valence-corrected chi connectivity index (χ4v) is 3.02. The molecule has 7 nitrogen and oxygen atoms in total. The molecule has 0 unspecified atom stereocenters. The van der Waals surface area contributed by atoms with E-state index in [0.29, 0.717) is 17.6 Å². The van der Waals surface area contributed by atoms with Gasteiger partial charge in [0.15, 0.2) is 5.82 Å². The van der Waals surface area contributed by atoms with Crippen LogP contribution in [0.15, 0.2) is 4.52 Å². The fraction of sp³-hybridized carbons (Fsp3) is 0.714. The third-order valence-corrected chi connectivity index (χ3v) is 3.93. The Balaban J connectivity index is 1.59. The van der Waals surface area contributed by atoms with Crippen molar-refractivity contribution in [2.24, 2.45) is 5.92 Å². The summed E-state index contributed by atoms with van der Waals surface area (Å²) in [4.78, 5) is 11.0. The summed E-state index contributed by atoms with van der Waals surface area (Å²) in [6, 6.07) is 0. The normalized spacial score (nSPS) is 20.0. The molecule has 114 valence electrons. The Kier molecular flexibility index (Phi) is 4.01. The third-order valence-electron chi connectivity index (χ3n) is 3.93. The van der Waals surface area contributed by atoms with Gasteiger partial charge in [0, 0.05) is 13.1 Å². The highest BCUT2D eigenvalue weighted by Crippen LogP contribution is 2.20. The van der Waals surface area contributed by atoms with E-state index in [9.17, 15) is 0 Å². The van der Waals surface area contributed by atoms with Gasteiger partial charge in [-0.3, -0.25) is 4.90 Å². The van der Waals surface area contributed by atoms with E-state index in [1.807, 2.05) is 25.5 Å². The van der Waals surface area contributed by atoms with Crippen molar-refractivity contribution >= 4 is 0 Å². The van der Waals surface area contributed by atoms with E-state index in [0.717, 1.165) is 37.8 Å². The molecule has 0 radical (unpaired) electrons. The molecule has 0 aromatic carbocycles. The molecule has 0 amide bonds. The minimum atomic E-state index is 0.600. The van der Waals surface area contributed by atoms with Crippen LogP contribution in [0.5, 0.6) is 0 Å². The van der Waals surface area contributed by atoms with Crippen LogP contribution in [0.4, 0.5) is 0 Å². The molecule has 0 bridgehead atoms. The summed E-state index contributed by atoms with van der Waals surface area (Å²) < 4.78 is 7.24. The molecular weight excluding hydrogens is 268 g/mol. The first-order valence-electron chi connectivity index (χ1n) is 7.50. The zero-order valence-electron chi connectivity index (χ0n) is 12.9. The van der Waals surface area contributed by atoms with Gasteiger partial charge < -0.3 is 4.52 Å². The average molecular weight is 290 g/mol. The lowest BCUT2D eigenvalue weighted by Gasteiger charge is -2.31. The van der Waals surface area contributed by atoms with Gasteiger partial charge in [0.05, 0.1) is 6.54 Å². The van der Waals surface area contributed by atoms with E-state index in [4.69, 9.17) is 4.52 Å². The molecule has 0 aliphatic carbocycles. The van der Waals surface area contributed by atoms with Gasteiger partial charge in [0.25, 0.3) is 0 Å². The molecule has 1 aliphatic rings. The SMILES string of the molecule is Cc1noc(CN2CCC[C@H](Cn3nc(C)nc3C)C2)n1. The fourth-order valence-electron chi connectivity index (χ4n) is 3.02. The number of hydrogen-bond donors (Lipinski definition) is 0. The molecule has 21 heavy (non-hydrogen) atoms. The number of aromatic nitrogens is 5. The maximum absolute atomic E-state index is 5.21. The Labute approximate surface area is 124 Å². The number of nitrogens with zero attached hydrogens (tertiary/aromatic N) is 6. The molecular formula is C14H22N6O. The van der Waals surface area contributed by atoms with Crippen LogP contribution in [0.2, 0.25) is 0 Å². The first-order valence-corrected chi connectivity index (χ1v) is 7.50. The molecule has 2 aromatic heterocycles. The van der Waals surface area contributed by atoms with Crippen LogP contribution in [-0.4, -0.2) is 42.9 Å². The van der Waals surface area contributed by atoms with Crippen LogP contribution in [0.25, 0.3) is 0 Å². The zero-order chi connectivity index (χ0) is 14.8.